The highest BCUT2D eigenvalue weighted by Gasteiger charge is 2.20. The summed E-state index contributed by atoms with van der Waals surface area (Å²) in [5.74, 6) is 0. The van der Waals surface area contributed by atoms with Gasteiger partial charge in [-0.1, -0.05) is 41.6 Å². The van der Waals surface area contributed by atoms with Crippen LogP contribution in [0.1, 0.15) is 35.1 Å². The van der Waals surface area contributed by atoms with Crippen molar-refractivity contribution in [3.63, 3.8) is 0 Å². The highest BCUT2D eigenvalue weighted by Crippen LogP contribution is 2.34. The minimum absolute atomic E-state index is 0.754. The summed E-state index contributed by atoms with van der Waals surface area (Å²) < 4.78 is 0. The highest BCUT2D eigenvalue weighted by atomic mass is 32.2. The summed E-state index contributed by atoms with van der Waals surface area (Å²) in [6.07, 6.45) is 2.68. The van der Waals surface area contributed by atoms with E-state index in [-0.39, 0.29) is 0 Å². The lowest BCUT2D eigenvalue weighted by atomic mass is 10.1. The van der Waals surface area contributed by atoms with Gasteiger partial charge in [-0.05, 0) is 62.4 Å². The SMILES string of the molecule is Cc1ccc(Sc2cc(C)ccc2C)c(CNC2CC2)c1. The highest BCUT2D eigenvalue weighted by molar-refractivity contribution is 7.99. The number of hydrogen-bond acceptors (Lipinski definition) is 2. The second-order valence-corrected chi connectivity index (χ2v) is 7.22. The van der Waals surface area contributed by atoms with Crippen molar-refractivity contribution < 1.29 is 0 Å². The molecular weight excluding hydrogens is 274 g/mol. The van der Waals surface area contributed by atoms with Gasteiger partial charge in [0, 0.05) is 22.4 Å². The molecule has 0 aliphatic heterocycles. The predicted octanol–water partition coefficient (Wildman–Crippen LogP) is 5.02. The normalized spacial score (nSPS) is 14.4. The van der Waals surface area contributed by atoms with Crippen LogP contribution in [0.5, 0.6) is 0 Å². The summed E-state index contributed by atoms with van der Waals surface area (Å²) >= 11 is 1.90. The maximum atomic E-state index is 3.64. The Morgan fingerprint density at radius 1 is 0.952 bits per heavy atom. The van der Waals surface area contributed by atoms with Gasteiger partial charge in [-0.3, -0.25) is 0 Å². The third kappa shape index (κ3) is 3.90. The molecule has 0 unspecified atom stereocenters. The summed E-state index contributed by atoms with van der Waals surface area (Å²) in [5.41, 5.74) is 5.45. The molecule has 0 atom stereocenters. The molecule has 1 aliphatic carbocycles. The van der Waals surface area contributed by atoms with E-state index in [0.717, 1.165) is 12.6 Å². The van der Waals surface area contributed by atoms with Gasteiger partial charge in [0.15, 0.2) is 0 Å². The second kappa shape index (κ2) is 6.25. The number of nitrogens with one attached hydrogen (secondary N) is 1. The molecule has 0 saturated heterocycles. The Bertz CT molecular complexity index is 644. The van der Waals surface area contributed by atoms with Gasteiger partial charge in [-0.2, -0.15) is 0 Å². The summed E-state index contributed by atoms with van der Waals surface area (Å²) in [7, 11) is 0. The first-order valence-electron chi connectivity index (χ1n) is 7.70. The molecule has 0 aromatic heterocycles. The van der Waals surface area contributed by atoms with Gasteiger partial charge in [0.2, 0.25) is 0 Å². The van der Waals surface area contributed by atoms with Gasteiger partial charge < -0.3 is 5.32 Å². The topological polar surface area (TPSA) is 12.0 Å². The number of rotatable bonds is 5. The summed E-state index contributed by atoms with van der Waals surface area (Å²) in [5, 5.41) is 3.64. The lowest BCUT2D eigenvalue weighted by Gasteiger charge is -2.13. The molecule has 2 heteroatoms. The molecule has 21 heavy (non-hydrogen) atoms. The Morgan fingerprint density at radius 2 is 1.67 bits per heavy atom. The van der Waals surface area contributed by atoms with Crippen LogP contribution in [0.25, 0.3) is 0 Å². The maximum absolute atomic E-state index is 3.64. The van der Waals surface area contributed by atoms with Crippen molar-refractivity contribution in [3.05, 3.63) is 58.7 Å². The van der Waals surface area contributed by atoms with E-state index in [1.54, 1.807) is 0 Å². The quantitative estimate of drug-likeness (QED) is 0.832. The van der Waals surface area contributed by atoms with E-state index >= 15 is 0 Å². The molecule has 0 bridgehead atoms. The molecule has 1 nitrogen and oxygen atoms in total. The second-order valence-electron chi connectivity index (χ2n) is 6.14. The van der Waals surface area contributed by atoms with Crippen molar-refractivity contribution >= 4 is 11.8 Å². The lowest BCUT2D eigenvalue weighted by Crippen LogP contribution is -2.15. The van der Waals surface area contributed by atoms with Crippen LogP contribution in [0.3, 0.4) is 0 Å². The lowest BCUT2D eigenvalue weighted by molar-refractivity contribution is 0.680. The van der Waals surface area contributed by atoms with E-state index in [9.17, 15) is 0 Å². The van der Waals surface area contributed by atoms with Gasteiger partial charge in [0.25, 0.3) is 0 Å². The van der Waals surface area contributed by atoms with Crippen LogP contribution in [0, 0.1) is 20.8 Å². The largest absolute Gasteiger partial charge is 0.310 e. The molecule has 1 N–H and O–H groups in total. The molecule has 2 aromatic carbocycles. The number of benzene rings is 2. The average Bonchev–Trinajstić information content (AvgIpc) is 3.27. The number of hydrogen-bond donors (Lipinski definition) is 1. The van der Waals surface area contributed by atoms with Crippen LogP contribution in [0.4, 0.5) is 0 Å². The average molecular weight is 297 g/mol. The first kappa shape index (κ1) is 14.7. The molecule has 2 aromatic rings. The zero-order valence-electron chi connectivity index (χ0n) is 13.1. The van der Waals surface area contributed by atoms with Gasteiger partial charge in [0.05, 0.1) is 0 Å². The van der Waals surface area contributed by atoms with Crippen LogP contribution in [-0.2, 0) is 6.54 Å². The van der Waals surface area contributed by atoms with Gasteiger partial charge in [0.1, 0.15) is 0 Å². The molecule has 0 radical (unpaired) electrons. The Kier molecular flexibility index (Phi) is 4.37. The van der Waals surface area contributed by atoms with Crippen molar-refractivity contribution in [2.45, 2.75) is 56.0 Å². The number of aryl methyl sites for hydroxylation is 3. The minimum atomic E-state index is 0.754. The Labute approximate surface area is 132 Å². The zero-order chi connectivity index (χ0) is 14.8. The maximum Gasteiger partial charge on any atom is 0.0219 e. The third-order valence-corrected chi connectivity index (χ3v) is 5.22. The van der Waals surface area contributed by atoms with Crippen molar-refractivity contribution in [1.29, 1.82) is 0 Å². The fourth-order valence-corrected chi connectivity index (χ4v) is 3.53. The smallest absolute Gasteiger partial charge is 0.0219 e. The third-order valence-electron chi connectivity index (χ3n) is 3.94. The van der Waals surface area contributed by atoms with E-state index in [1.807, 2.05) is 11.8 Å². The summed E-state index contributed by atoms with van der Waals surface area (Å²) in [4.78, 5) is 2.74. The van der Waals surface area contributed by atoms with Gasteiger partial charge in [-0.15, -0.1) is 0 Å². The van der Waals surface area contributed by atoms with Crippen LogP contribution in [0.2, 0.25) is 0 Å². The Balaban J connectivity index is 1.84. The first-order chi connectivity index (χ1) is 10.1. The molecule has 1 fully saturated rings. The first-order valence-corrected chi connectivity index (χ1v) is 8.51. The van der Waals surface area contributed by atoms with Crippen LogP contribution < -0.4 is 5.32 Å². The fraction of sp³-hybridized carbons (Fsp3) is 0.368. The molecule has 0 heterocycles. The Morgan fingerprint density at radius 3 is 2.43 bits per heavy atom. The Hall–Kier alpha value is -1.25. The fourth-order valence-electron chi connectivity index (χ4n) is 2.42. The molecule has 110 valence electrons. The summed E-state index contributed by atoms with van der Waals surface area (Å²) in [6, 6.07) is 14.3. The summed E-state index contributed by atoms with van der Waals surface area (Å²) in [6.45, 7) is 7.51. The van der Waals surface area contributed by atoms with Crippen LogP contribution in [-0.4, -0.2) is 6.04 Å². The van der Waals surface area contributed by atoms with Crippen molar-refractivity contribution in [3.8, 4) is 0 Å². The van der Waals surface area contributed by atoms with Crippen molar-refractivity contribution in [1.82, 2.24) is 5.32 Å². The molecule has 1 aliphatic rings. The van der Waals surface area contributed by atoms with Crippen LogP contribution in [0.15, 0.2) is 46.2 Å². The molecule has 3 rings (SSSR count). The monoisotopic (exact) mass is 297 g/mol. The van der Waals surface area contributed by atoms with Crippen molar-refractivity contribution in [2.75, 3.05) is 0 Å². The van der Waals surface area contributed by atoms with E-state index in [1.165, 1.54) is 44.9 Å². The molecule has 0 spiro atoms. The zero-order valence-corrected chi connectivity index (χ0v) is 13.9. The standard InChI is InChI=1S/C19H23NS/c1-13-5-9-18(16(10-13)12-20-17-7-8-17)21-19-11-14(2)4-6-15(19)3/h4-6,9-11,17,20H,7-8,12H2,1-3H3. The van der Waals surface area contributed by atoms with Gasteiger partial charge in [-0.25, -0.2) is 0 Å². The molecular formula is C19H23NS. The van der Waals surface area contributed by atoms with E-state index in [4.69, 9.17) is 0 Å². The van der Waals surface area contributed by atoms with E-state index < -0.39 is 0 Å². The van der Waals surface area contributed by atoms with E-state index in [0.29, 0.717) is 0 Å². The van der Waals surface area contributed by atoms with E-state index in [2.05, 4.69) is 62.5 Å². The minimum Gasteiger partial charge on any atom is -0.310 e. The molecule has 0 amide bonds. The predicted molar refractivity (Wildman–Crippen MR) is 91.1 cm³/mol. The molecule has 1 saturated carbocycles. The van der Waals surface area contributed by atoms with Crippen molar-refractivity contribution in [2.24, 2.45) is 0 Å². The van der Waals surface area contributed by atoms with Crippen LogP contribution >= 0.6 is 11.8 Å². The van der Waals surface area contributed by atoms with Gasteiger partial charge >= 0.3 is 0 Å².